The Balaban J connectivity index is 1.20. The summed E-state index contributed by atoms with van der Waals surface area (Å²) in [5, 5.41) is 12.1. The smallest absolute Gasteiger partial charge is 0.291 e. The van der Waals surface area contributed by atoms with E-state index in [9.17, 15) is 13.2 Å². The maximum Gasteiger partial charge on any atom is 0.291 e. The summed E-state index contributed by atoms with van der Waals surface area (Å²) in [6.07, 6.45) is 0. The molecule has 5 aromatic rings. The van der Waals surface area contributed by atoms with E-state index in [2.05, 4.69) is 20.2 Å². The van der Waals surface area contributed by atoms with Crippen LogP contribution in [0.15, 0.2) is 100 Å². The van der Waals surface area contributed by atoms with Crippen molar-refractivity contribution in [3.63, 3.8) is 0 Å². The van der Waals surface area contributed by atoms with Crippen molar-refractivity contribution in [2.45, 2.75) is 11.5 Å². The summed E-state index contributed by atoms with van der Waals surface area (Å²) in [5.74, 6) is 0.835. The number of fused-ring (bicyclic) bond motifs is 1. The molecule has 5 rings (SSSR count). The predicted octanol–water partition coefficient (Wildman–Crippen LogP) is 5.51. The average molecular weight is 535 g/mol. The van der Waals surface area contributed by atoms with Crippen molar-refractivity contribution in [2.24, 2.45) is 0 Å². The van der Waals surface area contributed by atoms with Crippen LogP contribution in [0.5, 0.6) is 5.75 Å². The zero-order valence-electron chi connectivity index (χ0n) is 19.1. The third-order valence-corrected chi connectivity index (χ3v) is 6.87. The van der Waals surface area contributed by atoms with E-state index in [0.29, 0.717) is 17.2 Å². The van der Waals surface area contributed by atoms with Gasteiger partial charge in [-0.1, -0.05) is 48.0 Å². The van der Waals surface area contributed by atoms with Gasteiger partial charge in [0, 0.05) is 11.1 Å². The Hall–Kier alpha value is -4.41. The number of ether oxygens (including phenoxy) is 1. The van der Waals surface area contributed by atoms with E-state index in [1.54, 1.807) is 12.1 Å². The first-order valence-corrected chi connectivity index (χ1v) is 12.9. The minimum Gasteiger partial charge on any atom is -0.485 e. The van der Waals surface area contributed by atoms with Gasteiger partial charge < -0.3 is 14.5 Å². The van der Waals surface area contributed by atoms with Gasteiger partial charge in [0.1, 0.15) is 18.1 Å². The number of carbonyl (C=O) groups excluding carboxylic acids is 1. The second kappa shape index (κ2) is 10.3. The predicted molar refractivity (Wildman–Crippen MR) is 139 cm³/mol. The van der Waals surface area contributed by atoms with Crippen LogP contribution in [0.2, 0.25) is 5.15 Å². The number of aromatic nitrogens is 2. The molecule has 0 fully saturated rings. The highest BCUT2D eigenvalue weighted by Gasteiger charge is 2.17. The normalized spacial score (nSPS) is 11.3. The monoisotopic (exact) mass is 534 g/mol. The fourth-order valence-electron chi connectivity index (χ4n) is 3.53. The molecule has 0 unspecified atom stereocenters. The summed E-state index contributed by atoms with van der Waals surface area (Å²) in [5.41, 5.74) is 0.389. The van der Waals surface area contributed by atoms with Gasteiger partial charge in [0.2, 0.25) is 0 Å². The Morgan fingerprint density at radius 3 is 2.46 bits per heavy atom. The molecule has 0 spiro atoms. The molecular weight excluding hydrogens is 516 g/mol. The molecule has 0 saturated carbocycles. The molecule has 186 valence electrons. The lowest BCUT2D eigenvalue weighted by molar-refractivity contribution is 0.0992. The molecule has 0 saturated heterocycles. The molecule has 2 N–H and O–H groups in total. The molecule has 2 heterocycles. The molecule has 1 amide bonds. The molecular formula is C26H19ClN4O5S. The number of sulfonamides is 1. The van der Waals surface area contributed by atoms with Crippen molar-refractivity contribution < 1.29 is 22.4 Å². The van der Waals surface area contributed by atoms with Gasteiger partial charge in [0.05, 0.1) is 4.90 Å². The highest BCUT2D eigenvalue weighted by atomic mass is 35.5. The third kappa shape index (κ3) is 5.71. The van der Waals surface area contributed by atoms with Crippen LogP contribution in [-0.2, 0) is 16.6 Å². The first-order valence-electron chi connectivity index (χ1n) is 11.0. The fraction of sp³-hybridized carbons (Fsp3) is 0.0385. The molecule has 0 bridgehead atoms. The maximum absolute atomic E-state index is 12.6. The molecule has 9 nitrogen and oxygen atoms in total. The van der Waals surface area contributed by atoms with E-state index in [1.807, 2.05) is 42.5 Å². The van der Waals surface area contributed by atoms with E-state index >= 15 is 0 Å². The van der Waals surface area contributed by atoms with Crippen molar-refractivity contribution in [1.82, 2.24) is 10.2 Å². The third-order valence-electron chi connectivity index (χ3n) is 5.30. The lowest BCUT2D eigenvalue weighted by atomic mass is 10.1. The fourth-order valence-corrected chi connectivity index (χ4v) is 4.62. The largest absolute Gasteiger partial charge is 0.485 e. The van der Waals surface area contributed by atoms with Crippen LogP contribution < -0.4 is 14.8 Å². The van der Waals surface area contributed by atoms with E-state index in [-0.39, 0.29) is 28.2 Å². The lowest BCUT2D eigenvalue weighted by Crippen LogP contribution is -2.15. The minimum atomic E-state index is -3.90. The van der Waals surface area contributed by atoms with Crippen molar-refractivity contribution in [2.75, 3.05) is 10.0 Å². The van der Waals surface area contributed by atoms with Gasteiger partial charge in [-0.15, -0.1) is 10.2 Å². The molecule has 0 radical (unpaired) electrons. The van der Waals surface area contributed by atoms with Crippen molar-refractivity contribution in [3.8, 4) is 5.75 Å². The summed E-state index contributed by atoms with van der Waals surface area (Å²) < 4.78 is 39.0. The Morgan fingerprint density at radius 1 is 0.892 bits per heavy atom. The average Bonchev–Trinajstić information content (AvgIpc) is 3.38. The maximum atomic E-state index is 12.6. The van der Waals surface area contributed by atoms with Gasteiger partial charge >= 0.3 is 0 Å². The molecule has 0 aliphatic heterocycles. The Morgan fingerprint density at radius 2 is 1.68 bits per heavy atom. The minimum absolute atomic E-state index is 0.0203. The van der Waals surface area contributed by atoms with Crippen LogP contribution in [0.3, 0.4) is 0 Å². The number of nitrogens with one attached hydrogen (secondary N) is 2. The zero-order chi connectivity index (χ0) is 25.8. The van der Waals surface area contributed by atoms with Crippen LogP contribution in [-0.4, -0.2) is 24.5 Å². The molecule has 2 aromatic heterocycles. The van der Waals surface area contributed by atoms with Crippen molar-refractivity contribution in [3.05, 3.63) is 108 Å². The SMILES string of the molecule is O=C(Nc1ccc(S(=O)(=O)Nc2ccc(Cl)nn2)cc1)c1ccc(COc2cccc3ccccc23)o1. The molecule has 3 aromatic carbocycles. The van der Waals surface area contributed by atoms with Gasteiger partial charge in [-0.25, -0.2) is 8.42 Å². The number of nitrogens with zero attached hydrogens (tertiary/aromatic N) is 2. The van der Waals surface area contributed by atoms with Gasteiger partial charge in [-0.05, 0) is 60.0 Å². The van der Waals surface area contributed by atoms with Gasteiger partial charge in [-0.2, -0.15) is 0 Å². The number of amides is 1. The number of benzene rings is 3. The Kier molecular flexibility index (Phi) is 6.76. The summed E-state index contributed by atoms with van der Waals surface area (Å²) >= 11 is 5.67. The second-order valence-electron chi connectivity index (χ2n) is 7.86. The number of carbonyl (C=O) groups is 1. The first kappa shape index (κ1) is 24.3. The van der Waals surface area contributed by atoms with E-state index in [0.717, 1.165) is 10.8 Å². The number of rotatable bonds is 8. The summed E-state index contributed by atoms with van der Waals surface area (Å²) in [4.78, 5) is 12.6. The van der Waals surface area contributed by atoms with Gasteiger partial charge in [0.15, 0.2) is 16.7 Å². The number of hydrogen-bond acceptors (Lipinski definition) is 7. The number of hydrogen-bond donors (Lipinski definition) is 2. The number of halogens is 1. The second-order valence-corrected chi connectivity index (χ2v) is 9.93. The topological polar surface area (TPSA) is 123 Å². The van der Waals surface area contributed by atoms with E-state index in [4.69, 9.17) is 20.8 Å². The van der Waals surface area contributed by atoms with Gasteiger partial charge in [-0.3, -0.25) is 9.52 Å². The van der Waals surface area contributed by atoms with Crippen molar-refractivity contribution in [1.29, 1.82) is 0 Å². The van der Waals surface area contributed by atoms with Crippen LogP contribution in [0.4, 0.5) is 11.5 Å². The van der Waals surface area contributed by atoms with Crippen LogP contribution in [0.1, 0.15) is 16.3 Å². The van der Waals surface area contributed by atoms with Crippen LogP contribution in [0.25, 0.3) is 10.8 Å². The zero-order valence-corrected chi connectivity index (χ0v) is 20.7. The first-order chi connectivity index (χ1) is 17.9. The number of anilines is 2. The summed E-state index contributed by atoms with van der Waals surface area (Å²) in [6, 6.07) is 25.3. The quantitative estimate of drug-likeness (QED) is 0.269. The molecule has 0 aliphatic rings. The molecule has 11 heteroatoms. The summed E-state index contributed by atoms with van der Waals surface area (Å²) in [6.45, 7) is 0.152. The van der Waals surface area contributed by atoms with Crippen LogP contribution >= 0.6 is 11.6 Å². The Labute approximate surface area is 217 Å². The summed E-state index contributed by atoms with van der Waals surface area (Å²) in [7, 11) is -3.90. The highest BCUT2D eigenvalue weighted by Crippen LogP contribution is 2.26. The highest BCUT2D eigenvalue weighted by molar-refractivity contribution is 7.92. The Bertz CT molecular complexity index is 1660. The van der Waals surface area contributed by atoms with E-state index in [1.165, 1.54) is 36.4 Å². The number of furan rings is 1. The molecule has 0 atom stereocenters. The van der Waals surface area contributed by atoms with Gasteiger partial charge in [0.25, 0.3) is 15.9 Å². The molecule has 0 aliphatic carbocycles. The lowest BCUT2D eigenvalue weighted by Gasteiger charge is -2.08. The standard InChI is InChI=1S/C26H19ClN4O5S/c27-24-14-15-25(30-29-24)31-37(33,34)20-11-8-18(9-12-20)28-26(32)23-13-10-19(36-23)16-35-22-7-3-5-17-4-1-2-6-21(17)22/h1-15H,16H2,(H,28,32)(H,30,31). The molecule has 37 heavy (non-hydrogen) atoms. The van der Waals surface area contributed by atoms with E-state index < -0.39 is 15.9 Å². The van der Waals surface area contributed by atoms with Crippen LogP contribution in [0, 0.1) is 0 Å². The van der Waals surface area contributed by atoms with Crippen molar-refractivity contribution >= 4 is 49.8 Å².